The molecular weight excluding hydrogens is 250 g/mol. The Labute approximate surface area is 114 Å². The number of Topliss-reactive ketones (excluding diaryl/α,β-unsaturated/α-hetero) is 1. The summed E-state index contributed by atoms with van der Waals surface area (Å²) in [4.78, 5) is 11.6. The fraction of sp³-hybridized carbons (Fsp3) is 0.500. The Morgan fingerprint density at radius 2 is 1.94 bits per heavy atom. The van der Waals surface area contributed by atoms with Crippen LogP contribution in [0.15, 0.2) is 6.07 Å². The molecule has 0 amide bonds. The van der Waals surface area contributed by atoms with Gasteiger partial charge in [-0.3, -0.25) is 9.21 Å². The molecule has 0 saturated heterocycles. The van der Waals surface area contributed by atoms with Gasteiger partial charge in [0.25, 0.3) is 0 Å². The number of hydrogen-bond donors (Lipinski definition) is 0. The van der Waals surface area contributed by atoms with Crippen LogP contribution in [0, 0.1) is 20.8 Å². The summed E-state index contributed by atoms with van der Waals surface area (Å²) in [5.41, 5.74) is 4.79. The van der Waals surface area contributed by atoms with Crippen molar-refractivity contribution in [2.24, 2.45) is 0 Å². The number of benzene rings is 1. The highest BCUT2D eigenvalue weighted by Crippen LogP contribution is 2.31. The van der Waals surface area contributed by atoms with Crippen molar-refractivity contribution in [2.45, 2.75) is 27.7 Å². The fourth-order valence-electron chi connectivity index (χ4n) is 2.09. The molecule has 0 bridgehead atoms. The summed E-state index contributed by atoms with van der Waals surface area (Å²) in [7, 11) is 1.65. The molecule has 0 radical (unpaired) electrons. The van der Waals surface area contributed by atoms with E-state index in [9.17, 15) is 4.79 Å². The summed E-state index contributed by atoms with van der Waals surface area (Å²) < 4.78 is 6.68. The molecule has 0 aliphatic rings. The van der Waals surface area contributed by atoms with Crippen LogP contribution in [0.4, 0.5) is 5.69 Å². The number of halogens is 1. The van der Waals surface area contributed by atoms with E-state index >= 15 is 0 Å². The predicted molar refractivity (Wildman–Crippen MR) is 75.7 cm³/mol. The van der Waals surface area contributed by atoms with Crippen LogP contribution in [-0.4, -0.2) is 26.0 Å². The minimum absolute atomic E-state index is 0.0864. The van der Waals surface area contributed by atoms with E-state index in [1.807, 2.05) is 26.8 Å². The van der Waals surface area contributed by atoms with Gasteiger partial charge in [0.1, 0.15) is 0 Å². The molecule has 100 valence electrons. The van der Waals surface area contributed by atoms with Crippen molar-refractivity contribution in [3.63, 3.8) is 0 Å². The molecule has 4 heteroatoms. The number of carbonyl (C=O) groups excluding carboxylic acids is 1. The number of ether oxygens (including phenoxy) is 1. The number of nitrogens with zero attached hydrogens (tertiary/aromatic N) is 1. The molecule has 0 spiro atoms. The first-order valence-corrected chi connectivity index (χ1v) is 6.28. The Balaban J connectivity index is 3.22. The monoisotopic (exact) mass is 269 g/mol. The summed E-state index contributed by atoms with van der Waals surface area (Å²) in [5.74, 6) is 0.0864. The number of carbonyl (C=O) groups is 1. The molecule has 3 nitrogen and oxygen atoms in total. The second-order valence-electron chi connectivity index (χ2n) is 4.47. The van der Waals surface area contributed by atoms with Gasteiger partial charge in [0.15, 0.2) is 5.78 Å². The summed E-state index contributed by atoms with van der Waals surface area (Å²) in [5, 5.41) is 0. The highest BCUT2D eigenvalue weighted by Gasteiger charge is 2.16. The second-order valence-corrected chi connectivity index (χ2v) is 4.88. The predicted octanol–water partition coefficient (Wildman–Crippen LogP) is 3.42. The number of ketones is 1. The van der Waals surface area contributed by atoms with E-state index in [0.29, 0.717) is 13.2 Å². The Morgan fingerprint density at radius 3 is 2.44 bits per heavy atom. The molecule has 0 N–H and O–H groups in total. The third-order valence-corrected chi connectivity index (χ3v) is 3.51. The van der Waals surface area contributed by atoms with Gasteiger partial charge < -0.3 is 4.74 Å². The van der Waals surface area contributed by atoms with Crippen molar-refractivity contribution in [2.75, 3.05) is 24.7 Å². The summed E-state index contributed by atoms with van der Waals surface area (Å²) in [6, 6.07) is 1.90. The van der Waals surface area contributed by atoms with Gasteiger partial charge in [-0.15, -0.1) is 0 Å². The summed E-state index contributed by atoms with van der Waals surface area (Å²) >= 11 is 6.27. The van der Waals surface area contributed by atoms with Crippen molar-refractivity contribution >= 4 is 23.2 Å². The zero-order chi connectivity index (χ0) is 13.9. The van der Waals surface area contributed by atoms with Gasteiger partial charge in [-0.25, -0.2) is 0 Å². The maximum atomic E-state index is 11.6. The molecule has 0 aliphatic carbocycles. The molecule has 0 saturated carbocycles. The lowest BCUT2D eigenvalue weighted by Crippen LogP contribution is -2.19. The topological polar surface area (TPSA) is 29.5 Å². The first kappa shape index (κ1) is 15.0. The molecule has 0 unspecified atom stereocenters. The minimum Gasteiger partial charge on any atom is -0.383 e. The van der Waals surface area contributed by atoms with Crippen LogP contribution in [0.3, 0.4) is 0 Å². The van der Waals surface area contributed by atoms with E-state index in [1.165, 1.54) is 0 Å². The quantitative estimate of drug-likeness (QED) is 0.606. The molecule has 0 fully saturated rings. The van der Waals surface area contributed by atoms with Crippen LogP contribution in [0.25, 0.3) is 0 Å². The van der Waals surface area contributed by atoms with Crippen LogP contribution in [0.1, 0.15) is 34.0 Å². The van der Waals surface area contributed by atoms with Crippen LogP contribution in [-0.2, 0) is 4.74 Å². The Kier molecular flexibility index (Phi) is 5.17. The van der Waals surface area contributed by atoms with E-state index in [0.717, 1.165) is 27.9 Å². The van der Waals surface area contributed by atoms with Gasteiger partial charge in [0.05, 0.1) is 18.8 Å². The highest BCUT2D eigenvalue weighted by atomic mass is 35.5. The fourth-order valence-corrected chi connectivity index (χ4v) is 2.42. The molecule has 0 aromatic heterocycles. The van der Waals surface area contributed by atoms with Crippen LogP contribution < -0.4 is 4.42 Å². The largest absolute Gasteiger partial charge is 0.383 e. The Bertz CT molecular complexity index is 458. The number of anilines is 1. The molecule has 0 aliphatic heterocycles. The molecule has 18 heavy (non-hydrogen) atoms. The maximum Gasteiger partial charge on any atom is 0.160 e. The van der Waals surface area contributed by atoms with E-state index in [-0.39, 0.29) is 5.78 Å². The zero-order valence-electron chi connectivity index (χ0n) is 11.6. The molecule has 1 rings (SSSR count). The molecule has 1 aromatic rings. The van der Waals surface area contributed by atoms with E-state index in [4.69, 9.17) is 16.5 Å². The Hall–Kier alpha value is -1.06. The lowest BCUT2D eigenvalue weighted by Gasteiger charge is -2.22. The zero-order valence-corrected chi connectivity index (χ0v) is 12.4. The van der Waals surface area contributed by atoms with Crippen molar-refractivity contribution in [1.82, 2.24) is 0 Å². The van der Waals surface area contributed by atoms with E-state index in [1.54, 1.807) is 18.5 Å². The highest BCUT2D eigenvalue weighted by molar-refractivity contribution is 6.26. The Morgan fingerprint density at radius 1 is 1.33 bits per heavy atom. The minimum atomic E-state index is 0.0864. The second kappa shape index (κ2) is 6.21. The number of hydrogen-bond acceptors (Lipinski definition) is 3. The lowest BCUT2D eigenvalue weighted by molar-refractivity contribution is 0.101. The van der Waals surface area contributed by atoms with Gasteiger partial charge in [0.2, 0.25) is 0 Å². The van der Waals surface area contributed by atoms with Gasteiger partial charge in [-0.1, -0.05) is 0 Å². The van der Waals surface area contributed by atoms with Crippen LogP contribution >= 0.6 is 11.8 Å². The first-order valence-electron chi connectivity index (χ1n) is 5.94. The number of methoxy groups -OCH3 is 1. The molecule has 0 heterocycles. The summed E-state index contributed by atoms with van der Waals surface area (Å²) in [6.07, 6.45) is 0. The van der Waals surface area contributed by atoms with Gasteiger partial charge in [0, 0.05) is 24.4 Å². The smallest absolute Gasteiger partial charge is 0.160 e. The SMILES string of the molecule is COCCN(Cl)c1c(C)cc(C(C)=O)c(C)c1C. The van der Waals surface area contributed by atoms with Gasteiger partial charge in [-0.05, 0) is 50.5 Å². The van der Waals surface area contributed by atoms with E-state index < -0.39 is 0 Å². The van der Waals surface area contributed by atoms with Crippen LogP contribution in [0.5, 0.6) is 0 Å². The van der Waals surface area contributed by atoms with Gasteiger partial charge in [-0.2, -0.15) is 0 Å². The lowest BCUT2D eigenvalue weighted by atomic mass is 9.95. The van der Waals surface area contributed by atoms with Gasteiger partial charge >= 0.3 is 0 Å². The number of rotatable bonds is 5. The maximum absolute atomic E-state index is 11.6. The first-order chi connectivity index (χ1) is 8.40. The average molecular weight is 270 g/mol. The third kappa shape index (κ3) is 3.03. The van der Waals surface area contributed by atoms with E-state index in [2.05, 4.69) is 0 Å². The summed E-state index contributed by atoms with van der Waals surface area (Å²) in [6.45, 7) is 8.68. The normalized spacial score (nSPS) is 10.6. The van der Waals surface area contributed by atoms with Crippen molar-refractivity contribution in [3.8, 4) is 0 Å². The van der Waals surface area contributed by atoms with Crippen molar-refractivity contribution in [1.29, 1.82) is 0 Å². The van der Waals surface area contributed by atoms with Crippen LogP contribution in [0.2, 0.25) is 0 Å². The molecule has 0 atom stereocenters. The number of aryl methyl sites for hydroxylation is 1. The van der Waals surface area contributed by atoms with Crippen molar-refractivity contribution in [3.05, 3.63) is 28.3 Å². The average Bonchev–Trinajstić information content (AvgIpc) is 2.30. The molecule has 1 aromatic carbocycles. The standard InChI is InChI=1S/C14H20ClNO2/c1-9-8-13(12(4)17)10(2)11(3)14(9)16(15)6-7-18-5/h8H,6-7H2,1-5H3. The molecular formula is C14H20ClNO2. The third-order valence-electron chi connectivity index (χ3n) is 3.17. The van der Waals surface area contributed by atoms with Crippen molar-refractivity contribution < 1.29 is 9.53 Å².